The van der Waals surface area contributed by atoms with Crippen LogP contribution in [0.2, 0.25) is 0 Å². The summed E-state index contributed by atoms with van der Waals surface area (Å²) in [6.45, 7) is 0. The van der Waals surface area contributed by atoms with Crippen LogP contribution < -0.4 is 5.46 Å². The molecular formula is C20H11B. The Kier molecular flexibility index (Phi) is 2.00. The van der Waals surface area contributed by atoms with Gasteiger partial charge < -0.3 is 0 Å². The van der Waals surface area contributed by atoms with Crippen LogP contribution in [0.3, 0.4) is 0 Å². The summed E-state index contributed by atoms with van der Waals surface area (Å²) in [5.41, 5.74) is 0.858. The monoisotopic (exact) mass is 262 g/mol. The molecule has 0 aliphatic rings. The molecule has 0 aromatic heterocycles. The zero-order valence-corrected chi connectivity index (χ0v) is 11.4. The van der Waals surface area contributed by atoms with Crippen LogP contribution in [-0.4, -0.2) is 7.85 Å². The van der Waals surface area contributed by atoms with E-state index in [0.29, 0.717) is 0 Å². The molecule has 0 aliphatic carbocycles. The van der Waals surface area contributed by atoms with Gasteiger partial charge in [-0.1, -0.05) is 72.2 Å². The molecule has 0 N–H and O–H groups in total. The lowest BCUT2D eigenvalue weighted by Gasteiger charge is -2.15. The molecule has 0 amide bonds. The second-order valence-corrected chi connectivity index (χ2v) is 5.64. The molecule has 0 heterocycles. The van der Waals surface area contributed by atoms with Crippen molar-refractivity contribution in [2.24, 2.45) is 0 Å². The van der Waals surface area contributed by atoms with E-state index in [1.165, 1.54) is 43.1 Å². The van der Waals surface area contributed by atoms with Gasteiger partial charge in [0.05, 0.1) is 0 Å². The first-order valence-corrected chi connectivity index (χ1v) is 7.18. The number of fused-ring (bicyclic) bond motifs is 2. The van der Waals surface area contributed by atoms with Gasteiger partial charge in [0.2, 0.25) is 0 Å². The second-order valence-electron chi connectivity index (χ2n) is 5.64. The minimum atomic E-state index is 0.858. The maximum atomic E-state index is 6.33. The third-order valence-electron chi connectivity index (χ3n) is 4.54. The molecule has 0 unspecified atom stereocenters. The third-order valence-corrected chi connectivity index (χ3v) is 4.54. The summed E-state index contributed by atoms with van der Waals surface area (Å²) in [6, 6.07) is 23.6. The van der Waals surface area contributed by atoms with Gasteiger partial charge in [-0.15, -0.1) is 0 Å². The van der Waals surface area contributed by atoms with Gasteiger partial charge in [0.1, 0.15) is 7.85 Å². The SMILES string of the molecule is [B]c1ccc2cccc3c4cccc5cccc(c1c23)c54. The zero-order chi connectivity index (χ0) is 14.0. The van der Waals surface area contributed by atoms with Crippen LogP contribution in [0, 0.1) is 0 Å². The highest BCUT2D eigenvalue weighted by Crippen LogP contribution is 2.38. The molecule has 0 spiro atoms. The smallest absolute Gasteiger partial charge is 0.0883 e. The second kappa shape index (κ2) is 3.76. The Morgan fingerprint density at radius 1 is 0.476 bits per heavy atom. The van der Waals surface area contributed by atoms with Gasteiger partial charge in [-0.3, -0.25) is 0 Å². The molecule has 0 aliphatic heterocycles. The summed E-state index contributed by atoms with van der Waals surface area (Å²) in [6.07, 6.45) is 0. The van der Waals surface area contributed by atoms with Crippen molar-refractivity contribution < 1.29 is 0 Å². The molecular weight excluding hydrogens is 251 g/mol. The molecule has 0 bridgehead atoms. The first-order valence-electron chi connectivity index (χ1n) is 7.18. The van der Waals surface area contributed by atoms with Crippen molar-refractivity contribution in [3.05, 3.63) is 66.7 Å². The van der Waals surface area contributed by atoms with Crippen molar-refractivity contribution in [3.8, 4) is 0 Å². The number of hydrogen-bond acceptors (Lipinski definition) is 0. The molecule has 5 aromatic rings. The molecule has 0 fully saturated rings. The Labute approximate surface area is 123 Å². The topological polar surface area (TPSA) is 0 Å². The van der Waals surface area contributed by atoms with E-state index in [2.05, 4.69) is 60.7 Å². The van der Waals surface area contributed by atoms with E-state index in [1.54, 1.807) is 0 Å². The van der Waals surface area contributed by atoms with Gasteiger partial charge in [0.15, 0.2) is 0 Å². The molecule has 5 rings (SSSR count). The largest absolute Gasteiger partial charge is 0.114 e. The Morgan fingerprint density at radius 3 is 1.76 bits per heavy atom. The predicted octanol–water partition coefficient (Wildman–Crippen LogP) is 4.53. The van der Waals surface area contributed by atoms with Gasteiger partial charge in [-0.25, -0.2) is 0 Å². The molecule has 94 valence electrons. The molecule has 0 saturated heterocycles. The van der Waals surface area contributed by atoms with Crippen LogP contribution in [-0.2, 0) is 0 Å². The van der Waals surface area contributed by atoms with E-state index in [1.807, 2.05) is 6.07 Å². The van der Waals surface area contributed by atoms with E-state index in [0.717, 1.165) is 5.46 Å². The standard InChI is InChI=1S/C20H11B/c21-17-11-10-13-6-2-8-15-14-7-1-4-12-5-3-9-16(18(12)14)20(17)19(13)15/h1-11H. The summed E-state index contributed by atoms with van der Waals surface area (Å²) < 4.78 is 0. The third kappa shape index (κ3) is 1.31. The first kappa shape index (κ1) is 11.2. The van der Waals surface area contributed by atoms with Crippen LogP contribution in [0.1, 0.15) is 0 Å². The zero-order valence-electron chi connectivity index (χ0n) is 11.4. The Bertz CT molecular complexity index is 1130. The average molecular weight is 262 g/mol. The van der Waals surface area contributed by atoms with Gasteiger partial charge in [0.25, 0.3) is 0 Å². The summed E-state index contributed by atoms with van der Waals surface area (Å²) in [5, 5.41) is 10.2. The molecule has 0 atom stereocenters. The van der Waals surface area contributed by atoms with Crippen LogP contribution in [0.25, 0.3) is 43.1 Å². The van der Waals surface area contributed by atoms with Crippen LogP contribution >= 0.6 is 0 Å². The number of hydrogen-bond donors (Lipinski definition) is 0. The van der Waals surface area contributed by atoms with E-state index < -0.39 is 0 Å². The molecule has 1 heteroatoms. The lowest BCUT2D eigenvalue weighted by molar-refractivity contribution is 1.80. The highest BCUT2D eigenvalue weighted by atomic mass is 14.1. The van der Waals surface area contributed by atoms with E-state index in [4.69, 9.17) is 7.85 Å². The fourth-order valence-corrected chi connectivity index (χ4v) is 3.68. The maximum absolute atomic E-state index is 6.33. The lowest BCUT2D eigenvalue weighted by Crippen LogP contribution is -2.04. The van der Waals surface area contributed by atoms with E-state index >= 15 is 0 Å². The summed E-state index contributed by atoms with van der Waals surface area (Å²) in [5.74, 6) is 0. The van der Waals surface area contributed by atoms with Crippen LogP contribution in [0.15, 0.2) is 66.7 Å². The number of rotatable bonds is 0. The van der Waals surface area contributed by atoms with Crippen molar-refractivity contribution >= 4 is 56.4 Å². The first-order chi connectivity index (χ1) is 10.3. The van der Waals surface area contributed by atoms with E-state index in [9.17, 15) is 0 Å². The summed E-state index contributed by atoms with van der Waals surface area (Å²) in [4.78, 5) is 0. The quantitative estimate of drug-likeness (QED) is 0.218. The van der Waals surface area contributed by atoms with Crippen LogP contribution in [0.4, 0.5) is 0 Å². The predicted molar refractivity (Wildman–Crippen MR) is 93.0 cm³/mol. The van der Waals surface area contributed by atoms with Crippen molar-refractivity contribution in [3.63, 3.8) is 0 Å². The van der Waals surface area contributed by atoms with Gasteiger partial charge >= 0.3 is 0 Å². The van der Waals surface area contributed by atoms with E-state index in [-0.39, 0.29) is 0 Å². The highest BCUT2D eigenvalue weighted by Gasteiger charge is 2.12. The van der Waals surface area contributed by atoms with Crippen LogP contribution in [0.5, 0.6) is 0 Å². The fraction of sp³-hybridized carbons (Fsp3) is 0. The molecule has 0 nitrogen and oxygen atoms in total. The molecule has 2 radical (unpaired) electrons. The van der Waals surface area contributed by atoms with Crippen molar-refractivity contribution in [2.75, 3.05) is 0 Å². The minimum Gasteiger partial charge on any atom is -0.0883 e. The van der Waals surface area contributed by atoms with Crippen molar-refractivity contribution in [2.45, 2.75) is 0 Å². The normalized spacial score (nSPS) is 12.0. The minimum absolute atomic E-state index is 0.858. The van der Waals surface area contributed by atoms with Gasteiger partial charge in [-0.05, 0) is 43.1 Å². The number of benzene rings is 5. The average Bonchev–Trinajstić information content (AvgIpc) is 2.53. The molecule has 21 heavy (non-hydrogen) atoms. The van der Waals surface area contributed by atoms with Gasteiger partial charge in [0, 0.05) is 0 Å². The molecule has 0 saturated carbocycles. The van der Waals surface area contributed by atoms with Crippen molar-refractivity contribution in [1.29, 1.82) is 0 Å². The van der Waals surface area contributed by atoms with Crippen molar-refractivity contribution in [1.82, 2.24) is 0 Å². The summed E-state index contributed by atoms with van der Waals surface area (Å²) in [7, 11) is 6.33. The summed E-state index contributed by atoms with van der Waals surface area (Å²) >= 11 is 0. The Hall–Kier alpha value is -2.54. The Balaban J connectivity index is 2.32. The fourth-order valence-electron chi connectivity index (χ4n) is 3.68. The lowest BCUT2D eigenvalue weighted by atomic mass is 9.82. The van der Waals surface area contributed by atoms with Gasteiger partial charge in [-0.2, -0.15) is 0 Å². The maximum Gasteiger partial charge on any atom is 0.114 e. The molecule has 5 aromatic carbocycles. The Morgan fingerprint density at radius 2 is 1.05 bits per heavy atom. The highest BCUT2D eigenvalue weighted by molar-refractivity contribution is 6.46.